The molecule has 2 aromatic heterocycles. The maximum Gasteiger partial charge on any atom is 0.150 e. The third kappa shape index (κ3) is 2.90. The number of nitrogens with two attached hydrogens (primary N) is 1. The minimum atomic E-state index is 0.258. The standard InChI is InChI=1S/C15H21N3S/c16-13(12-5-2-1-3-6-12)11-18-9-8-17-15(18)14-7-4-10-19-14/h4,7-10,12-13H,1-3,5-6,11,16H2. The average molecular weight is 275 g/mol. The molecule has 19 heavy (non-hydrogen) atoms. The van der Waals surface area contributed by atoms with E-state index in [9.17, 15) is 0 Å². The Morgan fingerprint density at radius 3 is 2.95 bits per heavy atom. The maximum absolute atomic E-state index is 6.42. The van der Waals surface area contributed by atoms with E-state index in [1.807, 2.05) is 6.20 Å². The molecule has 3 nitrogen and oxygen atoms in total. The lowest BCUT2D eigenvalue weighted by atomic mass is 9.84. The molecule has 0 amide bonds. The van der Waals surface area contributed by atoms with Gasteiger partial charge in [-0.25, -0.2) is 4.98 Å². The van der Waals surface area contributed by atoms with Crippen LogP contribution >= 0.6 is 11.3 Å². The molecule has 2 aromatic rings. The summed E-state index contributed by atoms with van der Waals surface area (Å²) in [4.78, 5) is 5.70. The van der Waals surface area contributed by atoms with Crippen molar-refractivity contribution in [3.63, 3.8) is 0 Å². The van der Waals surface area contributed by atoms with Crippen molar-refractivity contribution in [2.45, 2.75) is 44.7 Å². The van der Waals surface area contributed by atoms with Crippen LogP contribution < -0.4 is 5.73 Å². The molecule has 1 atom stereocenters. The summed E-state index contributed by atoms with van der Waals surface area (Å²) in [5.41, 5.74) is 6.42. The minimum Gasteiger partial charge on any atom is -0.329 e. The molecule has 2 N–H and O–H groups in total. The predicted octanol–water partition coefficient (Wildman–Crippen LogP) is 3.52. The van der Waals surface area contributed by atoms with Gasteiger partial charge >= 0.3 is 0 Å². The van der Waals surface area contributed by atoms with Crippen LogP contribution in [0.4, 0.5) is 0 Å². The van der Waals surface area contributed by atoms with Crippen molar-refractivity contribution in [2.24, 2.45) is 11.7 Å². The lowest BCUT2D eigenvalue weighted by Gasteiger charge is -2.28. The Hall–Kier alpha value is -1.13. The number of thiophene rings is 1. The van der Waals surface area contributed by atoms with Crippen LogP contribution in [0.5, 0.6) is 0 Å². The molecule has 0 radical (unpaired) electrons. The summed E-state index contributed by atoms with van der Waals surface area (Å²) in [5.74, 6) is 1.74. The van der Waals surface area contributed by atoms with E-state index < -0.39 is 0 Å². The number of nitrogens with zero attached hydrogens (tertiary/aromatic N) is 2. The van der Waals surface area contributed by atoms with Gasteiger partial charge in [0.2, 0.25) is 0 Å². The highest BCUT2D eigenvalue weighted by atomic mass is 32.1. The Labute approximate surface area is 118 Å². The first-order valence-corrected chi connectivity index (χ1v) is 8.03. The lowest BCUT2D eigenvalue weighted by Crippen LogP contribution is -2.35. The summed E-state index contributed by atoms with van der Waals surface area (Å²) in [7, 11) is 0. The monoisotopic (exact) mass is 275 g/mol. The van der Waals surface area contributed by atoms with E-state index >= 15 is 0 Å². The first-order valence-electron chi connectivity index (χ1n) is 7.15. The Morgan fingerprint density at radius 1 is 1.37 bits per heavy atom. The number of imidazole rings is 1. The van der Waals surface area contributed by atoms with Gasteiger partial charge in [-0.05, 0) is 30.2 Å². The summed E-state index contributed by atoms with van der Waals surface area (Å²) in [6.07, 6.45) is 10.6. The van der Waals surface area contributed by atoms with Crippen LogP contribution in [0.15, 0.2) is 29.9 Å². The van der Waals surface area contributed by atoms with Gasteiger partial charge in [-0.15, -0.1) is 11.3 Å². The predicted molar refractivity (Wildman–Crippen MR) is 80.1 cm³/mol. The Kier molecular flexibility index (Phi) is 3.99. The normalized spacial score (nSPS) is 18.6. The Bertz CT molecular complexity index is 497. The molecular formula is C15H21N3S. The topological polar surface area (TPSA) is 43.8 Å². The van der Waals surface area contributed by atoms with Crippen LogP contribution in [0.3, 0.4) is 0 Å². The van der Waals surface area contributed by atoms with E-state index in [4.69, 9.17) is 5.73 Å². The molecule has 1 saturated carbocycles. The van der Waals surface area contributed by atoms with Gasteiger partial charge in [-0.2, -0.15) is 0 Å². The molecule has 0 spiro atoms. The number of hydrogen-bond acceptors (Lipinski definition) is 3. The Morgan fingerprint density at radius 2 is 2.21 bits per heavy atom. The van der Waals surface area contributed by atoms with Crippen LogP contribution in [0.1, 0.15) is 32.1 Å². The van der Waals surface area contributed by atoms with Crippen LogP contribution in [-0.4, -0.2) is 15.6 Å². The van der Waals surface area contributed by atoms with Gasteiger partial charge in [0, 0.05) is 25.0 Å². The third-order valence-electron chi connectivity index (χ3n) is 4.12. The van der Waals surface area contributed by atoms with E-state index in [1.54, 1.807) is 11.3 Å². The second kappa shape index (κ2) is 5.88. The van der Waals surface area contributed by atoms with E-state index in [1.165, 1.54) is 37.0 Å². The largest absolute Gasteiger partial charge is 0.329 e. The summed E-state index contributed by atoms with van der Waals surface area (Å²) in [6, 6.07) is 4.45. The average Bonchev–Trinajstić information content (AvgIpc) is 3.10. The second-order valence-corrected chi connectivity index (χ2v) is 6.39. The van der Waals surface area contributed by atoms with Crippen molar-refractivity contribution >= 4 is 11.3 Å². The summed E-state index contributed by atoms with van der Waals surface area (Å²) < 4.78 is 2.21. The molecule has 3 rings (SSSR count). The zero-order chi connectivity index (χ0) is 13.1. The molecule has 102 valence electrons. The van der Waals surface area contributed by atoms with Gasteiger partial charge in [-0.3, -0.25) is 0 Å². The fourth-order valence-electron chi connectivity index (χ4n) is 3.03. The first kappa shape index (κ1) is 12.9. The molecule has 0 bridgehead atoms. The Balaban J connectivity index is 1.71. The highest BCUT2D eigenvalue weighted by Crippen LogP contribution is 2.28. The SMILES string of the molecule is NC(Cn1ccnc1-c1cccs1)C1CCCCC1. The third-order valence-corrected chi connectivity index (χ3v) is 4.99. The van der Waals surface area contributed by atoms with Crippen molar-refractivity contribution in [1.29, 1.82) is 0 Å². The van der Waals surface area contributed by atoms with Gasteiger partial charge in [0.25, 0.3) is 0 Å². The molecule has 1 unspecified atom stereocenters. The molecular weight excluding hydrogens is 254 g/mol. The molecule has 0 aliphatic heterocycles. The highest BCUT2D eigenvalue weighted by molar-refractivity contribution is 7.13. The van der Waals surface area contributed by atoms with E-state index in [0.717, 1.165) is 12.4 Å². The van der Waals surface area contributed by atoms with Crippen molar-refractivity contribution in [3.8, 4) is 10.7 Å². The van der Waals surface area contributed by atoms with Crippen LogP contribution in [0, 0.1) is 5.92 Å². The molecule has 2 heterocycles. The second-order valence-electron chi connectivity index (χ2n) is 5.44. The van der Waals surface area contributed by atoms with Crippen LogP contribution in [0.2, 0.25) is 0 Å². The van der Waals surface area contributed by atoms with Crippen molar-refractivity contribution in [3.05, 3.63) is 29.9 Å². The lowest BCUT2D eigenvalue weighted by molar-refractivity contribution is 0.286. The highest BCUT2D eigenvalue weighted by Gasteiger charge is 2.21. The van der Waals surface area contributed by atoms with Gasteiger partial charge < -0.3 is 10.3 Å². The smallest absolute Gasteiger partial charge is 0.150 e. The first-order chi connectivity index (χ1) is 9.34. The molecule has 0 aromatic carbocycles. The van der Waals surface area contributed by atoms with Gasteiger partial charge in [0.05, 0.1) is 4.88 Å². The quantitative estimate of drug-likeness (QED) is 0.927. The maximum atomic E-state index is 6.42. The summed E-state index contributed by atoms with van der Waals surface area (Å²) in [5, 5.41) is 2.09. The minimum absolute atomic E-state index is 0.258. The fourth-order valence-corrected chi connectivity index (χ4v) is 3.76. The van der Waals surface area contributed by atoms with Crippen LogP contribution in [0.25, 0.3) is 10.7 Å². The number of aromatic nitrogens is 2. The molecule has 4 heteroatoms. The zero-order valence-electron chi connectivity index (χ0n) is 11.2. The van der Waals surface area contributed by atoms with E-state index in [0.29, 0.717) is 5.92 Å². The fraction of sp³-hybridized carbons (Fsp3) is 0.533. The van der Waals surface area contributed by atoms with Gasteiger partial charge in [-0.1, -0.05) is 25.3 Å². The van der Waals surface area contributed by atoms with Crippen molar-refractivity contribution < 1.29 is 0 Å². The summed E-state index contributed by atoms with van der Waals surface area (Å²) in [6.45, 7) is 0.887. The van der Waals surface area contributed by atoms with E-state index in [-0.39, 0.29) is 6.04 Å². The molecule has 0 saturated heterocycles. The van der Waals surface area contributed by atoms with Gasteiger partial charge in [0.15, 0.2) is 0 Å². The molecule has 1 aliphatic rings. The van der Waals surface area contributed by atoms with Crippen molar-refractivity contribution in [2.75, 3.05) is 0 Å². The van der Waals surface area contributed by atoms with Gasteiger partial charge in [0.1, 0.15) is 5.82 Å². The van der Waals surface area contributed by atoms with E-state index in [2.05, 4.69) is 33.3 Å². The summed E-state index contributed by atoms with van der Waals surface area (Å²) >= 11 is 1.73. The number of hydrogen-bond donors (Lipinski definition) is 1. The zero-order valence-corrected chi connectivity index (χ0v) is 12.0. The number of rotatable bonds is 4. The van der Waals surface area contributed by atoms with Crippen molar-refractivity contribution in [1.82, 2.24) is 9.55 Å². The van der Waals surface area contributed by atoms with Crippen LogP contribution in [-0.2, 0) is 6.54 Å². The molecule has 1 fully saturated rings. The molecule has 1 aliphatic carbocycles.